The Bertz CT molecular complexity index is 1240. The van der Waals surface area contributed by atoms with Crippen LogP contribution in [0, 0.1) is 0 Å². The highest BCUT2D eigenvalue weighted by molar-refractivity contribution is 7.18. The Hall–Kier alpha value is -2.44. The number of H-pyrrole nitrogens is 1. The first-order chi connectivity index (χ1) is 15.6. The molecule has 0 amide bonds. The topological polar surface area (TPSA) is 58.5 Å². The molecule has 6 heteroatoms. The number of hydrogen-bond donors (Lipinski definition) is 2. The quantitative estimate of drug-likeness (QED) is 0.251. The van der Waals surface area contributed by atoms with E-state index in [1.807, 2.05) is 29.7 Å². The van der Waals surface area contributed by atoms with Gasteiger partial charge in [0.1, 0.15) is 16.0 Å². The summed E-state index contributed by atoms with van der Waals surface area (Å²) >= 11 is 1.86. The molecule has 5 rings (SSSR count). The lowest BCUT2D eigenvalue weighted by molar-refractivity contribution is 0.345. The van der Waals surface area contributed by atoms with Crippen LogP contribution >= 0.6 is 11.3 Å². The van der Waals surface area contributed by atoms with E-state index in [0.717, 1.165) is 18.6 Å². The van der Waals surface area contributed by atoms with Crippen LogP contribution in [-0.2, 0) is 7.05 Å². The summed E-state index contributed by atoms with van der Waals surface area (Å²) in [6.45, 7) is 9.41. The molecule has 4 aromatic heterocycles. The van der Waals surface area contributed by atoms with E-state index in [1.54, 1.807) is 0 Å². The third kappa shape index (κ3) is 3.80. The standard InChI is InChI=1S/C26H33N5S/c1-5-6-13-27-18-11-9-17(10-12-18)25-30-23-21(16(2)3)22(29-26(23)32-25)20-15-31(4)24-19(20)8-7-14-28-24/h5,7-8,14-18,27,29H,1,6,9-13H2,2-4H3. The smallest absolute Gasteiger partial charge is 0.140 e. The lowest BCUT2D eigenvalue weighted by Gasteiger charge is -2.28. The lowest BCUT2D eigenvalue weighted by Crippen LogP contribution is -2.33. The molecule has 0 spiro atoms. The molecule has 32 heavy (non-hydrogen) atoms. The number of thiazole rings is 1. The van der Waals surface area contributed by atoms with Crippen molar-refractivity contribution in [2.75, 3.05) is 6.54 Å². The summed E-state index contributed by atoms with van der Waals surface area (Å²) in [4.78, 5) is 14.8. The molecule has 1 aliphatic rings. The molecule has 0 saturated heterocycles. The Morgan fingerprint density at radius 2 is 2.12 bits per heavy atom. The SMILES string of the molecule is C=CCCNC1CCC(c2nc3c(C(C)C)c(-c4cn(C)c5ncccc45)[nH]c3s2)CC1. The Balaban J connectivity index is 1.44. The Morgan fingerprint density at radius 3 is 2.88 bits per heavy atom. The summed E-state index contributed by atoms with van der Waals surface area (Å²) in [5.41, 5.74) is 5.94. The zero-order chi connectivity index (χ0) is 22.2. The van der Waals surface area contributed by atoms with Crippen LogP contribution in [0.1, 0.15) is 68.4 Å². The Kier molecular flexibility index (Phi) is 5.91. The van der Waals surface area contributed by atoms with Crippen molar-refractivity contribution in [2.45, 2.75) is 63.8 Å². The van der Waals surface area contributed by atoms with E-state index in [4.69, 9.17) is 4.98 Å². The van der Waals surface area contributed by atoms with Crippen molar-refractivity contribution in [3.63, 3.8) is 0 Å². The first-order valence-electron chi connectivity index (χ1n) is 11.8. The molecule has 0 radical (unpaired) electrons. The maximum absolute atomic E-state index is 5.22. The number of rotatable bonds is 7. The van der Waals surface area contributed by atoms with Gasteiger partial charge >= 0.3 is 0 Å². The summed E-state index contributed by atoms with van der Waals surface area (Å²) in [5.74, 6) is 0.980. The normalized spacial score (nSPS) is 19.4. The van der Waals surface area contributed by atoms with Crippen LogP contribution in [0.3, 0.4) is 0 Å². The molecule has 1 fully saturated rings. The third-order valence-electron chi connectivity index (χ3n) is 6.84. The molecule has 5 nitrogen and oxygen atoms in total. The van der Waals surface area contributed by atoms with Gasteiger partial charge in [-0.05, 0) is 56.7 Å². The minimum absolute atomic E-state index is 0.394. The first kappa shape index (κ1) is 21.4. The Morgan fingerprint density at radius 1 is 1.31 bits per heavy atom. The van der Waals surface area contributed by atoms with Crippen molar-refractivity contribution in [3.8, 4) is 11.3 Å². The third-order valence-corrected chi connectivity index (χ3v) is 7.98. The number of nitrogens with zero attached hydrogens (tertiary/aromatic N) is 3. The minimum atomic E-state index is 0.394. The number of pyridine rings is 1. The van der Waals surface area contributed by atoms with Crippen molar-refractivity contribution in [1.82, 2.24) is 24.8 Å². The molecule has 1 saturated carbocycles. The van der Waals surface area contributed by atoms with Crippen LogP contribution in [-0.4, -0.2) is 32.1 Å². The number of hydrogen-bond acceptors (Lipinski definition) is 4. The fourth-order valence-corrected chi connectivity index (χ4v) is 6.35. The van der Waals surface area contributed by atoms with E-state index in [-0.39, 0.29) is 0 Å². The van der Waals surface area contributed by atoms with Gasteiger partial charge in [-0.1, -0.05) is 19.9 Å². The van der Waals surface area contributed by atoms with Crippen LogP contribution in [0.25, 0.3) is 32.6 Å². The van der Waals surface area contributed by atoms with Crippen LogP contribution in [0.5, 0.6) is 0 Å². The summed E-state index contributed by atoms with van der Waals surface area (Å²) in [5, 5.41) is 6.18. The van der Waals surface area contributed by atoms with Crippen molar-refractivity contribution < 1.29 is 0 Å². The Labute approximate surface area is 194 Å². The van der Waals surface area contributed by atoms with E-state index in [9.17, 15) is 0 Å². The molecule has 0 aromatic carbocycles. The van der Waals surface area contributed by atoms with Gasteiger partial charge in [-0.25, -0.2) is 9.97 Å². The van der Waals surface area contributed by atoms with Crippen molar-refractivity contribution in [3.05, 3.63) is 47.8 Å². The van der Waals surface area contributed by atoms with Gasteiger partial charge in [0, 0.05) is 47.9 Å². The highest BCUT2D eigenvalue weighted by Gasteiger charge is 2.27. The second kappa shape index (κ2) is 8.83. The van der Waals surface area contributed by atoms with Gasteiger partial charge in [0.05, 0.1) is 10.7 Å². The van der Waals surface area contributed by atoms with Gasteiger partial charge in [0.2, 0.25) is 0 Å². The second-order valence-electron chi connectivity index (χ2n) is 9.41. The van der Waals surface area contributed by atoms with E-state index in [1.165, 1.54) is 63.2 Å². The van der Waals surface area contributed by atoms with Crippen LogP contribution < -0.4 is 5.32 Å². The molecule has 0 aliphatic heterocycles. The van der Waals surface area contributed by atoms with E-state index in [0.29, 0.717) is 17.9 Å². The second-order valence-corrected chi connectivity index (χ2v) is 10.4. The van der Waals surface area contributed by atoms with Crippen molar-refractivity contribution in [1.29, 1.82) is 0 Å². The monoisotopic (exact) mass is 447 g/mol. The van der Waals surface area contributed by atoms with Gasteiger partial charge in [-0.2, -0.15) is 0 Å². The minimum Gasteiger partial charge on any atom is -0.345 e. The molecular weight excluding hydrogens is 414 g/mol. The zero-order valence-corrected chi connectivity index (χ0v) is 20.1. The molecule has 168 valence electrons. The number of nitrogens with one attached hydrogen (secondary N) is 2. The fourth-order valence-electron chi connectivity index (χ4n) is 5.20. The highest BCUT2D eigenvalue weighted by atomic mass is 32.1. The molecule has 0 atom stereocenters. The maximum atomic E-state index is 5.22. The zero-order valence-electron chi connectivity index (χ0n) is 19.3. The molecule has 4 aromatic rings. The average molecular weight is 448 g/mol. The summed E-state index contributed by atoms with van der Waals surface area (Å²) in [6.07, 6.45) is 12.0. The summed E-state index contributed by atoms with van der Waals surface area (Å²) in [7, 11) is 2.07. The molecule has 2 N–H and O–H groups in total. The first-order valence-corrected chi connectivity index (χ1v) is 12.7. The van der Waals surface area contributed by atoms with E-state index >= 15 is 0 Å². The van der Waals surface area contributed by atoms with Crippen molar-refractivity contribution >= 4 is 32.7 Å². The largest absolute Gasteiger partial charge is 0.345 e. The van der Waals surface area contributed by atoms with Gasteiger partial charge in [-0.15, -0.1) is 17.9 Å². The van der Waals surface area contributed by atoms with Gasteiger partial charge in [0.25, 0.3) is 0 Å². The maximum Gasteiger partial charge on any atom is 0.140 e. The van der Waals surface area contributed by atoms with Crippen LogP contribution in [0.2, 0.25) is 0 Å². The number of aromatic nitrogens is 4. The molecule has 4 heterocycles. The van der Waals surface area contributed by atoms with E-state index < -0.39 is 0 Å². The number of aromatic amines is 1. The van der Waals surface area contributed by atoms with Crippen LogP contribution in [0.15, 0.2) is 37.2 Å². The predicted molar refractivity (Wildman–Crippen MR) is 136 cm³/mol. The predicted octanol–water partition coefficient (Wildman–Crippen LogP) is 6.49. The molecule has 1 aliphatic carbocycles. The van der Waals surface area contributed by atoms with Gasteiger partial charge < -0.3 is 14.9 Å². The fraction of sp³-hybridized carbons (Fsp3) is 0.462. The van der Waals surface area contributed by atoms with E-state index in [2.05, 4.69) is 59.6 Å². The van der Waals surface area contributed by atoms with Crippen LogP contribution in [0.4, 0.5) is 0 Å². The van der Waals surface area contributed by atoms with Gasteiger partial charge in [0.15, 0.2) is 0 Å². The van der Waals surface area contributed by atoms with Crippen molar-refractivity contribution in [2.24, 2.45) is 7.05 Å². The lowest BCUT2D eigenvalue weighted by atomic mass is 9.86. The number of aryl methyl sites for hydroxylation is 1. The molecule has 0 unspecified atom stereocenters. The number of fused-ring (bicyclic) bond motifs is 2. The summed E-state index contributed by atoms with van der Waals surface area (Å²) in [6, 6.07) is 4.83. The average Bonchev–Trinajstić information content (AvgIpc) is 3.45. The molecular formula is C26H33N5S. The highest BCUT2D eigenvalue weighted by Crippen LogP contribution is 2.43. The van der Waals surface area contributed by atoms with Gasteiger partial charge in [-0.3, -0.25) is 0 Å². The molecule has 0 bridgehead atoms. The summed E-state index contributed by atoms with van der Waals surface area (Å²) < 4.78 is 2.12.